The number of nitrogens with zero attached hydrogens (tertiary/aromatic N) is 5. The van der Waals surface area contributed by atoms with Crippen LogP contribution >= 0.6 is 23.4 Å². The van der Waals surface area contributed by atoms with Gasteiger partial charge >= 0.3 is 6.18 Å². The van der Waals surface area contributed by atoms with Crippen molar-refractivity contribution in [2.45, 2.75) is 80.6 Å². The molecule has 59 heavy (non-hydrogen) atoms. The number of aromatic nitrogens is 5. The molecule has 0 aliphatic heterocycles. The van der Waals surface area contributed by atoms with E-state index in [9.17, 15) is 35.2 Å². The highest BCUT2D eigenvalue weighted by molar-refractivity contribution is 8.01. The summed E-state index contributed by atoms with van der Waals surface area (Å²) in [6.07, 6.45) is -3.87. The second kappa shape index (κ2) is 15.3. The lowest BCUT2D eigenvalue weighted by atomic mass is 9.93. The Labute approximate surface area is 343 Å². The summed E-state index contributed by atoms with van der Waals surface area (Å²) >= 11 is 8.31. The maximum absolute atomic E-state index is 15.0. The molecule has 312 valence electrons. The number of hydrogen-bond donors (Lipinski definition) is 2. The van der Waals surface area contributed by atoms with Crippen molar-refractivity contribution in [3.8, 4) is 23.0 Å². The molecule has 0 saturated heterocycles. The number of rotatable bonds is 11. The van der Waals surface area contributed by atoms with Crippen molar-refractivity contribution in [1.29, 1.82) is 0 Å². The van der Waals surface area contributed by atoms with Crippen molar-refractivity contribution in [3.05, 3.63) is 93.0 Å². The largest absolute Gasteiger partial charge is 0.435 e. The second-order valence-corrected chi connectivity index (χ2v) is 19.1. The average Bonchev–Trinajstić information content (AvgIpc) is 3.60. The minimum atomic E-state index is -5.07. The lowest BCUT2D eigenvalue weighted by Crippen LogP contribution is -2.35. The Kier molecular flexibility index (Phi) is 11.0. The summed E-state index contributed by atoms with van der Waals surface area (Å²) in [4.78, 5) is 18.8. The first-order valence-electron chi connectivity index (χ1n) is 18.1. The van der Waals surface area contributed by atoms with Crippen LogP contribution in [0.25, 0.3) is 22.0 Å². The zero-order valence-electron chi connectivity index (χ0n) is 31.7. The summed E-state index contributed by atoms with van der Waals surface area (Å²) < 4.78 is 129. The quantitative estimate of drug-likeness (QED) is 0.101. The molecular formula is C39H35ClF7N7O3S2. The van der Waals surface area contributed by atoms with Crippen LogP contribution in [-0.2, 0) is 53.4 Å². The number of carbonyl (C=O) groups excluding carboxylic acids is 1. The standard InChI is InChI=1S/C39H35ClF7N7O3S2/c1-37(2,58-24-6-7-24)13-11-23-5-8-25(26-9-10-28(40)31-33(26)53(3)51-36(31)52-59(4,56)57)32(48-23)29(17-20-15-21(41)18-22(42)16-20)49-30(55)19-54-35-27(12-14-38(35,43)44)34(50-54)39(45,46)47/h5,8-10,15-16,18,24,29H,6-7,12,14,17,19H2,1-4H3,(H,49,55)(H,51,52)/t29-/m0/s1. The van der Waals surface area contributed by atoms with E-state index in [4.69, 9.17) is 16.6 Å². The summed E-state index contributed by atoms with van der Waals surface area (Å²) in [6, 6.07) is 7.63. The minimum absolute atomic E-state index is 0.0336. The number of fused-ring (bicyclic) bond motifs is 2. The molecule has 1 saturated carbocycles. The van der Waals surface area contributed by atoms with E-state index >= 15 is 8.78 Å². The molecule has 2 aliphatic rings. The zero-order chi connectivity index (χ0) is 42.8. The number of thioether (sulfide) groups is 1. The molecule has 1 fully saturated rings. The lowest BCUT2D eigenvalue weighted by Gasteiger charge is -2.23. The van der Waals surface area contributed by atoms with Crippen molar-refractivity contribution < 1.29 is 43.9 Å². The van der Waals surface area contributed by atoms with E-state index < -0.39 is 86.8 Å². The Morgan fingerprint density at radius 1 is 1.07 bits per heavy atom. The van der Waals surface area contributed by atoms with Gasteiger partial charge in [0.05, 0.1) is 38.7 Å². The fraction of sp³-hybridized carbons (Fsp3) is 0.385. The molecule has 1 atom stereocenters. The van der Waals surface area contributed by atoms with Crippen LogP contribution in [0.2, 0.25) is 5.02 Å². The van der Waals surface area contributed by atoms with E-state index in [0.29, 0.717) is 27.1 Å². The zero-order valence-corrected chi connectivity index (χ0v) is 34.1. The van der Waals surface area contributed by atoms with Crippen LogP contribution in [-0.4, -0.2) is 55.1 Å². The highest BCUT2D eigenvalue weighted by Crippen LogP contribution is 2.47. The number of alkyl halides is 5. The first-order valence-corrected chi connectivity index (χ1v) is 21.3. The van der Waals surface area contributed by atoms with Crippen molar-refractivity contribution in [2.24, 2.45) is 7.05 Å². The predicted molar refractivity (Wildman–Crippen MR) is 209 cm³/mol. The number of halogens is 8. The SMILES string of the molecule is Cn1nc(NS(C)(=O)=O)c2c(Cl)ccc(-c3ccc(C#CC(C)(C)SC4CC4)nc3[C@H](Cc3cc(F)cc(F)c3)NC(=O)Cn3nc(C(F)(F)F)c4c3C(F)(F)CC4)c21. The number of hydrogen-bond acceptors (Lipinski definition) is 7. The number of amides is 1. The van der Waals surface area contributed by atoms with Crippen molar-refractivity contribution in [1.82, 2.24) is 29.9 Å². The number of pyridine rings is 1. The predicted octanol–water partition coefficient (Wildman–Crippen LogP) is 8.32. The molecule has 7 rings (SSSR count). The van der Waals surface area contributed by atoms with E-state index in [0.717, 1.165) is 31.2 Å². The molecule has 1 amide bonds. The number of nitrogens with one attached hydrogen (secondary N) is 2. The summed E-state index contributed by atoms with van der Waals surface area (Å²) in [5.41, 5.74) is -1.99. The molecule has 0 spiro atoms. The van der Waals surface area contributed by atoms with Crippen molar-refractivity contribution in [3.63, 3.8) is 0 Å². The van der Waals surface area contributed by atoms with Gasteiger partial charge in [-0.25, -0.2) is 22.2 Å². The first kappa shape index (κ1) is 42.3. The van der Waals surface area contributed by atoms with Crippen LogP contribution in [0.1, 0.15) is 73.1 Å². The van der Waals surface area contributed by atoms with Crippen LogP contribution in [0.3, 0.4) is 0 Å². The van der Waals surface area contributed by atoms with Crippen LogP contribution in [0.5, 0.6) is 0 Å². The summed E-state index contributed by atoms with van der Waals surface area (Å²) in [5, 5.41) is 11.2. The topological polar surface area (TPSA) is 124 Å². The Hall–Kier alpha value is -4.80. The normalized spacial score (nSPS) is 15.8. The summed E-state index contributed by atoms with van der Waals surface area (Å²) in [6.45, 7) is 2.83. The molecule has 0 radical (unpaired) electrons. The van der Waals surface area contributed by atoms with E-state index in [1.807, 2.05) is 13.8 Å². The van der Waals surface area contributed by atoms with Gasteiger partial charge in [-0.3, -0.25) is 18.9 Å². The number of carbonyl (C=O) groups is 1. The van der Waals surface area contributed by atoms with Gasteiger partial charge < -0.3 is 5.32 Å². The molecule has 10 nitrogen and oxygen atoms in total. The molecule has 0 unspecified atom stereocenters. The molecule has 0 bridgehead atoms. The molecule has 20 heteroatoms. The Bertz CT molecular complexity index is 2660. The fourth-order valence-corrected chi connectivity index (χ4v) is 9.22. The molecular weight excluding hydrogens is 847 g/mol. The smallest absolute Gasteiger partial charge is 0.346 e. The third-order valence-electron chi connectivity index (χ3n) is 9.59. The minimum Gasteiger partial charge on any atom is -0.346 e. The van der Waals surface area contributed by atoms with E-state index in [-0.39, 0.29) is 45.2 Å². The van der Waals surface area contributed by atoms with Gasteiger partial charge in [0.2, 0.25) is 15.9 Å². The van der Waals surface area contributed by atoms with Gasteiger partial charge in [0.1, 0.15) is 29.6 Å². The molecule has 3 heterocycles. The molecule has 3 aromatic heterocycles. The number of benzene rings is 2. The first-order chi connectivity index (χ1) is 27.5. The van der Waals surface area contributed by atoms with Crippen LogP contribution in [0.15, 0.2) is 42.5 Å². The van der Waals surface area contributed by atoms with Crippen LogP contribution in [0, 0.1) is 23.5 Å². The van der Waals surface area contributed by atoms with E-state index in [2.05, 4.69) is 32.1 Å². The van der Waals surface area contributed by atoms with Crippen molar-refractivity contribution in [2.75, 3.05) is 11.0 Å². The highest BCUT2D eigenvalue weighted by atomic mass is 35.5. The van der Waals surface area contributed by atoms with Gasteiger partial charge in [-0.15, -0.1) is 11.8 Å². The number of aryl methyl sites for hydroxylation is 1. The van der Waals surface area contributed by atoms with Crippen molar-refractivity contribution >= 4 is 56.0 Å². The third kappa shape index (κ3) is 9.34. The maximum atomic E-state index is 15.0. The Morgan fingerprint density at radius 3 is 2.39 bits per heavy atom. The Balaban J connectivity index is 1.39. The molecule has 5 aromatic rings. The van der Waals surface area contributed by atoms with Gasteiger partial charge in [0, 0.05) is 41.5 Å². The lowest BCUT2D eigenvalue weighted by molar-refractivity contribution is -0.142. The van der Waals surface area contributed by atoms with E-state index in [1.54, 1.807) is 30.0 Å². The summed E-state index contributed by atoms with van der Waals surface area (Å²) in [5.74, 6) is -0.452. The van der Waals surface area contributed by atoms with Gasteiger partial charge in [0.15, 0.2) is 11.5 Å². The number of sulfonamides is 1. The second-order valence-electron chi connectivity index (χ2n) is 15.0. The maximum Gasteiger partial charge on any atom is 0.435 e. The third-order valence-corrected chi connectivity index (χ3v) is 12.0. The monoisotopic (exact) mass is 881 g/mol. The van der Waals surface area contributed by atoms with Gasteiger partial charge in [-0.2, -0.15) is 32.1 Å². The van der Waals surface area contributed by atoms with Gasteiger partial charge in [-0.05, 0) is 81.3 Å². The molecule has 2 aromatic carbocycles. The number of anilines is 1. The molecule has 2 aliphatic carbocycles. The van der Waals surface area contributed by atoms with Crippen LogP contribution in [0.4, 0.5) is 36.6 Å². The van der Waals surface area contributed by atoms with Gasteiger partial charge in [0.25, 0.3) is 5.92 Å². The van der Waals surface area contributed by atoms with E-state index in [1.165, 1.54) is 17.8 Å². The fourth-order valence-electron chi connectivity index (χ4n) is 7.17. The van der Waals surface area contributed by atoms with Gasteiger partial charge in [-0.1, -0.05) is 23.6 Å². The highest BCUT2D eigenvalue weighted by Gasteiger charge is 2.50. The van der Waals surface area contributed by atoms with Crippen LogP contribution < -0.4 is 10.0 Å². The molecule has 2 N–H and O–H groups in total. The Morgan fingerprint density at radius 2 is 1.75 bits per heavy atom. The summed E-state index contributed by atoms with van der Waals surface area (Å²) in [7, 11) is -2.30. The average molecular weight is 882 g/mol.